The maximum atomic E-state index is 12.1. The van der Waals surface area contributed by atoms with Crippen molar-refractivity contribution in [1.82, 2.24) is 25.8 Å². The van der Waals surface area contributed by atoms with Crippen LogP contribution in [0, 0.1) is 5.92 Å². The lowest BCUT2D eigenvalue weighted by molar-refractivity contribution is -0.126. The number of aromatic nitrogens is 1. The summed E-state index contributed by atoms with van der Waals surface area (Å²) >= 11 is 1.45. The molecule has 7 N–H and O–H groups in total. The lowest BCUT2D eigenvalue weighted by atomic mass is 9.97. The van der Waals surface area contributed by atoms with E-state index in [4.69, 9.17) is 10.2 Å². The van der Waals surface area contributed by atoms with Crippen molar-refractivity contribution in [2.24, 2.45) is 5.92 Å². The number of hydrogen-bond donors (Lipinski definition) is 7. The SMILES string of the molecule is CNC(=O)[C@@H]1CCCN(Cc2sc(NC(C)=O)nc2CCc2ccc(NC(NC(=O)O)NC(=O)O)cc2)C1. The first-order valence-corrected chi connectivity index (χ1v) is 13.0. The summed E-state index contributed by atoms with van der Waals surface area (Å²) < 4.78 is 0. The van der Waals surface area contributed by atoms with Crippen LogP contribution in [0.3, 0.4) is 0 Å². The van der Waals surface area contributed by atoms with Crippen LogP contribution in [0.4, 0.5) is 20.4 Å². The van der Waals surface area contributed by atoms with Crippen LogP contribution in [0.1, 0.15) is 35.9 Å². The lowest BCUT2D eigenvalue weighted by Gasteiger charge is -2.31. The van der Waals surface area contributed by atoms with Crippen molar-refractivity contribution in [2.45, 2.75) is 45.4 Å². The van der Waals surface area contributed by atoms with E-state index in [1.54, 1.807) is 19.2 Å². The minimum absolute atomic E-state index is 0.0388. The number of carbonyl (C=O) groups is 4. The van der Waals surface area contributed by atoms with E-state index >= 15 is 0 Å². The molecule has 0 unspecified atom stereocenters. The number of benzene rings is 1. The molecule has 1 fully saturated rings. The first-order valence-electron chi connectivity index (χ1n) is 12.2. The minimum Gasteiger partial charge on any atom is -0.465 e. The molecule has 1 aliphatic heterocycles. The Morgan fingerprint density at radius 3 is 2.39 bits per heavy atom. The highest BCUT2D eigenvalue weighted by atomic mass is 32.1. The second-order valence-electron chi connectivity index (χ2n) is 8.93. The van der Waals surface area contributed by atoms with Gasteiger partial charge in [0.15, 0.2) is 11.4 Å². The molecule has 13 nitrogen and oxygen atoms in total. The highest BCUT2D eigenvalue weighted by molar-refractivity contribution is 7.15. The zero-order valence-corrected chi connectivity index (χ0v) is 22.1. The van der Waals surface area contributed by atoms with Crippen molar-refractivity contribution in [3.8, 4) is 0 Å². The smallest absolute Gasteiger partial charge is 0.407 e. The van der Waals surface area contributed by atoms with Gasteiger partial charge in [0.25, 0.3) is 0 Å². The molecule has 38 heavy (non-hydrogen) atoms. The normalized spacial score (nSPS) is 15.5. The van der Waals surface area contributed by atoms with Gasteiger partial charge in [0.2, 0.25) is 11.8 Å². The Kier molecular flexibility index (Phi) is 10.2. The number of nitrogens with one attached hydrogen (secondary N) is 5. The molecule has 1 aromatic heterocycles. The first kappa shape index (κ1) is 28.7. The molecule has 2 aromatic rings. The molecule has 0 bridgehead atoms. The van der Waals surface area contributed by atoms with E-state index in [-0.39, 0.29) is 17.7 Å². The van der Waals surface area contributed by atoms with Crippen LogP contribution in [0.25, 0.3) is 0 Å². The van der Waals surface area contributed by atoms with Crippen LogP contribution in [0.2, 0.25) is 0 Å². The number of carbonyl (C=O) groups excluding carboxylic acids is 2. The van der Waals surface area contributed by atoms with Crippen LogP contribution in [0.5, 0.6) is 0 Å². The van der Waals surface area contributed by atoms with Crippen LogP contribution >= 0.6 is 11.3 Å². The molecule has 3 rings (SSSR count). The molecule has 4 amide bonds. The predicted octanol–water partition coefficient (Wildman–Crippen LogP) is 2.08. The van der Waals surface area contributed by atoms with E-state index < -0.39 is 18.5 Å². The summed E-state index contributed by atoms with van der Waals surface area (Å²) in [4.78, 5) is 53.5. The Balaban J connectivity index is 1.66. The summed E-state index contributed by atoms with van der Waals surface area (Å²) in [6, 6.07) is 7.18. The highest BCUT2D eigenvalue weighted by Gasteiger charge is 2.26. The molecule has 1 aromatic carbocycles. The molecular weight excluding hydrogens is 514 g/mol. The predicted molar refractivity (Wildman–Crippen MR) is 142 cm³/mol. The third-order valence-corrected chi connectivity index (χ3v) is 7.00. The number of hydrogen-bond acceptors (Lipinski definition) is 8. The summed E-state index contributed by atoms with van der Waals surface area (Å²) in [7, 11) is 1.66. The monoisotopic (exact) mass is 547 g/mol. The van der Waals surface area contributed by atoms with Gasteiger partial charge < -0.3 is 26.2 Å². The maximum absolute atomic E-state index is 12.1. The number of amides is 4. The lowest BCUT2D eigenvalue weighted by Crippen LogP contribution is -2.52. The van der Waals surface area contributed by atoms with Gasteiger partial charge >= 0.3 is 12.2 Å². The summed E-state index contributed by atoms with van der Waals surface area (Å²) in [6.07, 6.45) is -0.851. The Hall–Kier alpha value is -3.91. The van der Waals surface area contributed by atoms with Crippen LogP contribution in [-0.2, 0) is 29.0 Å². The zero-order chi connectivity index (χ0) is 27.7. The maximum Gasteiger partial charge on any atom is 0.407 e. The Labute approximate surface area is 224 Å². The van der Waals surface area contributed by atoms with Crippen LogP contribution < -0.4 is 26.6 Å². The zero-order valence-electron chi connectivity index (χ0n) is 21.2. The Morgan fingerprint density at radius 2 is 1.79 bits per heavy atom. The van der Waals surface area contributed by atoms with Gasteiger partial charge in [-0.1, -0.05) is 12.1 Å². The number of aryl methyl sites for hydroxylation is 2. The van der Waals surface area contributed by atoms with Gasteiger partial charge in [0.05, 0.1) is 11.6 Å². The number of piperidine rings is 1. The molecule has 14 heteroatoms. The fourth-order valence-electron chi connectivity index (χ4n) is 4.28. The highest BCUT2D eigenvalue weighted by Crippen LogP contribution is 2.28. The van der Waals surface area contributed by atoms with Gasteiger partial charge in [0, 0.05) is 37.6 Å². The summed E-state index contributed by atoms with van der Waals surface area (Å²) in [5, 5.41) is 30.7. The molecule has 0 aliphatic carbocycles. The number of thiazole rings is 1. The third-order valence-electron chi connectivity index (χ3n) is 6.00. The van der Waals surface area contributed by atoms with E-state index in [0.717, 1.165) is 35.5 Å². The second-order valence-corrected chi connectivity index (χ2v) is 10.0. The van der Waals surface area contributed by atoms with Crippen molar-refractivity contribution in [3.63, 3.8) is 0 Å². The second kappa shape index (κ2) is 13.6. The number of anilines is 2. The van der Waals surface area contributed by atoms with E-state index in [9.17, 15) is 19.2 Å². The summed E-state index contributed by atoms with van der Waals surface area (Å²) in [5.41, 5.74) is 2.42. The Morgan fingerprint density at radius 1 is 1.11 bits per heavy atom. The summed E-state index contributed by atoms with van der Waals surface area (Å²) in [6.45, 7) is 3.66. The van der Waals surface area contributed by atoms with E-state index in [0.29, 0.717) is 36.8 Å². The number of nitrogens with zero attached hydrogens (tertiary/aromatic N) is 2. The fourth-order valence-corrected chi connectivity index (χ4v) is 5.38. The van der Waals surface area contributed by atoms with Crippen LogP contribution in [-0.4, -0.2) is 70.5 Å². The molecule has 1 saturated heterocycles. The average molecular weight is 548 g/mol. The van der Waals surface area contributed by atoms with Crippen molar-refractivity contribution in [3.05, 3.63) is 40.4 Å². The minimum atomic E-state index is -1.38. The largest absolute Gasteiger partial charge is 0.465 e. The molecule has 1 atom stereocenters. The number of rotatable bonds is 11. The van der Waals surface area contributed by atoms with E-state index in [2.05, 4.69) is 25.8 Å². The molecular formula is C24H33N7O6S. The molecule has 0 saturated carbocycles. The average Bonchev–Trinajstić information content (AvgIpc) is 3.22. The van der Waals surface area contributed by atoms with Crippen LogP contribution in [0.15, 0.2) is 24.3 Å². The van der Waals surface area contributed by atoms with Gasteiger partial charge in [-0.25, -0.2) is 14.6 Å². The topological polar surface area (TPSA) is 185 Å². The van der Waals surface area contributed by atoms with E-state index in [1.807, 2.05) is 22.8 Å². The van der Waals surface area contributed by atoms with Gasteiger partial charge in [-0.2, -0.15) is 0 Å². The molecule has 206 valence electrons. The number of likely N-dealkylation sites (tertiary alicyclic amines) is 1. The molecule has 0 spiro atoms. The van der Waals surface area contributed by atoms with Crippen molar-refractivity contribution in [2.75, 3.05) is 30.8 Å². The summed E-state index contributed by atoms with van der Waals surface area (Å²) in [5.74, 6) is -0.173. The molecule has 2 heterocycles. The van der Waals surface area contributed by atoms with Crippen molar-refractivity contribution >= 4 is 46.2 Å². The molecule has 0 radical (unpaired) electrons. The van der Waals surface area contributed by atoms with Gasteiger partial charge in [-0.3, -0.25) is 25.1 Å². The van der Waals surface area contributed by atoms with Gasteiger partial charge in [0.1, 0.15) is 0 Å². The number of carboxylic acid groups (broad SMARTS) is 2. The molecule has 1 aliphatic rings. The fraction of sp³-hybridized carbons (Fsp3) is 0.458. The van der Waals surface area contributed by atoms with Crippen molar-refractivity contribution in [1.29, 1.82) is 0 Å². The first-order chi connectivity index (χ1) is 18.1. The van der Waals surface area contributed by atoms with Crippen molar-refractivity contribution < 1.29 is 29.4 Å². The third kappa shape index (κ3) is 8.88. The van der Waals surface area contributed by atoms with Gasteiger partial charge in [-0.15, -0.1) is 11.3 Å². The Bertz CT molecular complexity index is 1120. The standard InChI is InChI=1S/C24H33N7O6S/c1-14(32)26-22-28-18(19(38-22)13-31-11-3-4-16(12-31)20(33)25-2)10-7-15-5-8-17(9-6-15)27-21(29-23(34)35)30-24(36)37/h5-6,8-9,16,21,27,29-30H,3-4,7,10-13H2,1-2H3,(H,25,33)(H,34,35)(H,36,37)(H,26,28,32)/t16-/m1/s1. The quantitative estimate of drug-likeness (QED) is 0.207. The van der Waals surface area contributed by atoms with Gasteiger partial charge in [-0.05, 0) is 49.9 Å². The van der Waals surface area contributed by atoms with E-state index in [1.165, 1.54) is 18.3 Å².